The van der Waals surface area contributed by atoms with Gasteiger partial charge >= 0.3 is 0 Å². The van der Waals surface area contributed by atoms with Crippen molar-refractivity contribution in [3.8, 4) is 22.2 Å². The molecule has 0 aliphatic rings. The maximum Gasteiger partial charge on any atom is 0.250 e. The Bertz CT molecular complexity index is 1120. The second-order valence-electron chi connectivity index (χ2n) is 6.39. The van der Waals surface area contributed by atoms with Crippen LogP contribution in [0.5, 0.6) is 11.5 Å². The van der Waals surface area contributed by atoms with E-state index in [1.54, 1.807) is 24.5 Å². The van der Waals surface area contributed by atoms with Crippen LogP contribution in [0.4, 0.5) is 0 Å². The molecule has 0 saturated carbocycles. The summed E-state index contributed by atoms with van der Waals surface area (Å²) in [5.41, 5.74) is 3.05. The van der Waals surface area contributed by atoms with Gasteiger partial charge in [0.1, 0.15) is 18.1 Å². The van der Waals surface area contributed by atoms with Crippen molar-refractivity contribution in [2.45, 2.75) is 13.5 Å². The summed E-state index contributed by atoms with van der Waals surface area (Å²) in [6.45, 7) is 2.44. The van der Waals surface area contributed by atoms with Gasteiger partial charge in [0.25, 0.3) is 5.89 Å². The Hall–Kier alpha value is -3.38. The second kappa shape index (κ2) is 8.75. The Morgan fingerprint density at radius 2 is 1.93 bits per heavy atom. The molecule has 4 rings (SSSR count). The average molecular weight is 404 g/mol. The molecule has 0 fully saturated rings. The van der Waals surface area contributed by atoms with Gasteiger partial charge in [-0.1, -0.05) is 35.5 Å². The van der Waals surface area contributed by atoms with E-state index in [4.69, 9.17) is 14.0 Å². The first kappa shape index (κ1) is 19.0. The molecule has 0 amide bonds. The van der Waals surface area contributed by atoms with Crippen molar-refractivity contribution in [2.24, 2.45) is 0 Å². The molecular weight excluding hydrogens is 384 g/mol. The van der Waals surface area contributed by atoms with E-state index < -0.39 is 0 Å². The van der Waals surface area contributed by atoms with Crippen molar-refractivity contribution in [3.05, 3.63) is 82.6 Å². The lowest BCUT2D eigenvalue weighted by Crippen LogP contribution is -2.00. The lowest BCUT2D eigenvalue weighted by molar-refractivity contribution is 0.295. The van der Waals surface area contributed by atoms with Crippen molar-refractivity contribution in [3.63, 3.8) is 0 Å². The summed E-state index contributed by atoms with van der Waals surface area (Å²) >= 11 is 1.58. The van der Waals surface area contributed by atoms with E-state index in [9.17, 15) is 0 Å². The molecule has 2 heterocycles. The molecule has 0 aliphatic heterocycles. The summed E-state index contributed by atoms with van der Waals surface area (Å²) in [7, 11) is 1.66. The van der Waals surface area contributed by atoms with E-state index in [2.05, 4.69) is 10.1 Å². The standard InChI is InChI=1S/C23H20N2O3S/c1-16-6-3-4-7-19(16)27-15-18-14-17(9-11-20(18)26-2)10-12-22-24-23(25-28-22)21-8-5-13-29-21/h3-14H,15H2,1-2H3/b12-10-. The first-order valence-electron chi connectivity index (χ1n) is 9.14. The highest BCUT2D eigenvalue weighted by Crippen LogP contribution is 2.25. The van der Waals surface area contributed by atoms with Gasteiger partial charge in [-0.2, -0.15) is 4.98 Å². The highest BCUT2D eigenvalue weighted by Gasteiger charge is 2.08. The maximum atomic E-state index is 5.98. The van der Waals surface area contributed by atoms with E-state index in [0.717, 1.165) is 33.1 Å². The Morgan fingerprint density at radius 3 is 2.72 bits per heavy atom. The summed E-state index contributed by atoms with van der Waals surface area (Å²) in [5.74, 6) is 2.71. The molecule has 0 unspecified atom stereocenters. The number of hydrogen-bond acceptors (Lipinski definition) is 6. The van der Waals surface area contributed by atoms with Gasteiger partial charge in [-0.3, -0.25) is 0 Å². The molecule has 4 aromatic rings. The number of methoxy groups -OCH3 is 1. The first-order valence-corrected chi connectivity index (χ1v) is 10.0. The number of hydrogen-bond donors (Lipinski definition) is 0. The fourth-order valence-corrected chi connectivity index (χ4v) is 3.51. The third kappa shape index (κ3) is 4.55. The normalized spacial score (nSPS) is 11.1. The van der Waals surface area contributed by atoms with Crippen LogP contribution in [-0.2, 0) is 6.61 Å². The molecule has 6 heteroatoms. The van der Waals surface area contributed by atoms with E-state index >= 15 is 0 Å². The van der Waals surface area contributed by atoms with Gasteiger partial charge in [0.2, 0.25) is 5.82 Å². The predicted octanol–water partition coefficient (Wildman–Crippen LogP) is 5.86. The molecule has 0 bridgehead atoms. The monoisotopic (exact) mass is 404 g/mol. The largest absolute Gasteiger partial charge is 0.496 e. The molecule has 29 heavy (non-hydrogen) atoms. The highest BCUT2D eigenvalue weighted by atomic mass is 32.1. The summed E-state index contributed by atoms with van der Waals surface area (Å²) in [4.78, 5) is 5.39. The van der Waals surface area contributed by atoms with Gasteiger partial charge in [0.05, 0.1) is 12.0 Å². The summed E-state index contributed by atoms with van der Waals surface area (Å²) < 4.78 is 16.8. The number of para-hydroxylation sites is 1. The zero-order valence-corrected chi connectivity index (χ0v) is 17.0. The molecule has 5 nitrogen and oxygen atoms in total. The minimum atomic E-state index is 0.415. The molecule has 2 aromatic heterocycles. The number of nitrogens with zero attached hydrogens (tertiary/aromatic N) is 2. The van der Waals surface area contributed by atoms with Crippen LogP contribution in [0.1, 0.15) is 22.6 Å². The van der Waals surface area contributed by atoms with Crippen molar-refractivity contribution in [1.82, 2.24) is 10.1 Å². The summed E-state index contributed by atoms with van der Waals surface area (Å²) in [5, 5.41) is 6.01. The third-order valence-electron chi connectivity index (χ3n) is 4.38. The lowest BCUT2D eigenvalue weighted by Gasteiger charge is -2.12. The quantitative estimate of drug-likeness (QED) is 0.386. The molecule has 146 valence electrons. The Labute approximate surface area is 173 Å². The number of aryl methyl sites for hydroxylation is 1. The van der Waals surface area contributed by atoms with Crippen LogP contribution in [0, 0.1) is 6.92 Å². The molecule has 2 aromatic carbocycles. The fraction of sp³-hybridized carbons (Fsp3) is 0.130. The van der Waals surface area contributed by atoms with Gasteiger partial charge < -0.3 is 14.0 Å². The van der Waals surface area contributed by atoms with Gasteiger partial charge in [-0.05, 0) is 53.8 Å². The zero-order valence-electron chi connectivity index (χ0n) is 16.2. The Morgan fingerprint density at radius 1 is 1.03 bits per heavy atom. The SMILES string of the molecule is COc1ccc(/C=C\c2nc(-c3cccs3)no2)cc1COc1ccccc1C. The maximum absolute atomic E-state index is 5.98. The van der Waals surface area contributed by atoms with Crippen LogP contribution in [0.25, 0.3) is 22.9 Å². The van der Waals surface area contributed by atoms with Crippen LogP contribution >= 0.6 is 11.3 Å². The fourth-order valence-electron chi connectivity index (χ4n) is 2.87. The Balaban J connectivity index is 1.50. The third-order valence-corrected chi connectivity index (χ3v) is 5.25. The molecule has 0 atom stereocenters. The average Bonchev–Trinajstić information content (AvgIpc) is 3.43. The lowest BCUT2D eigenvalue weighted by atomic mass is 10.1. The minimum Gasteiger partial charge on any atom is -0.496 e. The minimum absolute atomic E-state index is 0.415. The van der Waals surface area contributed by atoms with Gasteiger partial charge in [-0.15, -0.1) is 11.3 Å². The van der Waals surface area contributed by atoms with Crippen LogP contribution < -0.4 is 9.47 Å². The molecule has 0 aliphatic carbocycles. The first-order chi connectivity index (χ1) is 14.2. The predicted molar refractivity (Wildman–Crippen MR) is 115 cm³/mol. The van der Waals surface area contributed by atoms with E-state index in [1.807, 2.05) is 73.0 Å². The van der Waals surface area contributed by atoms with Gasteiger partial charge in [0, 0.05) is 11.6 Å². The van der Waals surface area contributed by atoms with E-state index in [1.165, 1.54) is 0 Å². The second-order valence-corrected chi connectivity index (χ2v) is 7.34. The number of rotatable bonds is 7. The van der Waals surface area contributed by atoms with Gasteiger partial charge in [-0.25, -0.2) is 0 Å². The van der Waals surface area contributed by atoms with Crippen molar-refractivity contribution in [2.75, 3.05) is 7.11 Å². The Kier molecular flexibility index (Phi) is 5.72. The van der Waals surface area contributed by atoms with E-state index in [0.29, 0.717) is 18.3 Å². The number of thiophene rings is 1. The summed E-state index contributed by atoms with van der Waals surface area (Å²) in [6.07, 6.45) is 3.74. The van der Waals surface area contributed by atoms with Crippen molar-refractivity contribution in [1.29, 1.82) is 0 Å². The van der Waals surface area contributed by atoms with Gasteiger partial charge in [0.15, 0.2) is 0 Å². The molecule has 0 radical (unpaired) electrons. The smallest absolute Gasteiger partial charge is 0.250 e. The number of benzene rings is 2. The molecular formula is C23H20N2O3S. The summed E-state index contributed by atoms with van der Waals surface area (Å²) in [6, 6.07) is 17.8. The zero-order chi connectivity index (χ0) is 20.1. The topological polar surface area (TPSA) is 57.4 Å². The van der Waals surface area contributed by atoms with Crippen molar-refractivity contribution >= 4 is 23.5 Å². The van der Waals surface area contributed by atoms with E-state index in [-0.39, 0.29) is 0 Å². The molecule has 0 saturated heterocycles. The van der Waals surface area contributed by atoms with Crippen molar-refractivity contribution < 1.29 is 14.0 Å². The van der Waals surface area contributed by atoms with Crippen LogP contribution in [0.2, 0.25) is 0 Å². The van der Waals surface area contributed by atoms with Crippen LogP contribution in [-0.4, -0.2) is 17.3 Å². The molecule has 0 spiro atoms. The number of aromatic nitrogens is 2. The number of ether oxygens (including phenoxy) is 2. The highest BCUT2D eigenvalue weighted by molar-refractivity contribution is 7.13. The van der Waals surface area contributed by atoms with Crippen LogP contribution in [0.15, 0.2) is 64.5 Å². The molecule has 0 N–H and O–H groups in total. The van der Waals surface area contributed by atoms with Crippen LogP contribution in [0.3, 0.4) is 0 Å².